The van der Waals surface area contributed by atoms with E-state index in [1.807, 2.05) is 25.2 Å². The summed E-state index contributed by atoms with van der Waals surface area (Å²) in [5.74, 6) is 0. The first kappa shape index (κ1) is 7.22. The van der Waals surface area contributed by atoms with Crippen LogP contribution in [0, 0.1) is 6.92 Å². The number of hydrogen-bond donors (Lipinski definition) is 0. The fraction of sp³-hybridized carbons (Fsp3) is 0.125. The van der Waals surface area contributed by atoms with Gasteiger partial charge in [-0.25, -0.2) is 0 Å². The number of allylic oxidation sites excluding steroid dienone is 5. The van der Waals surface area contributed by atoms with Gasteiger partial charge in [0.2, 0.25) is 0 Å². The minimum Gasteiger partial charge on any atom is -0.0988 e. The topological polar surface area (TPSA) is 0 Å². The molecule has 0 N–H and O–H groups in total. The molecule has 0 unspecified atom stereocenters. The van der Waals surface area contributed by atoms with Crippen molar-refractivity contribution in [1.29, 1.82) is 0 Å². The first-order valence-corrected chi connectivity index (χ1v) is 2.58. The SMILES string of the molecule is [CH2]/C(C=C)=C/C=C\C. The van der Waals surface area contributed by atoms with Gasteiger partial charge in [-0.1, -0.05) is 30.9 Å². The van der Waals surface area contributed by atoms with Crippen LogP contribution < -0.4 is 0 Å². The van der Waals surface area contributed by atoms with E-state index in [9.17, 15) is 0 Å². The molecule has 0 aromatic carbocycles. The van der Waals surface area contributed by atoms with E-state index in [1.165, 1.54) is 0 Å². The molecule has 8 heavy (non-hydrogen) atoms. The summed E-state index contributed by atoms with van der Waals surface area (Å²) in [4.78, 5) is 0. The number of rotatable bonds is 2. The summed E-state index contributed by atoms with van der Waals surface area (Å²) in [6.07, 6.45) is 7.52. The first-order chi connectivity index (χ1) is 3.81. The molecule has 0 spiro atoms. The van der Waals surface area contributed by atoms with Crippen molar-refractivity contribution >= 4 is 0 Å². The lowest BCUT2D eigenvalue weighted by molar-refractivity contribution is 1.67. The Bertz CT molecular complexity index is 116. The standard InChI is InChI=1S/C8H11/c1-4-6-7-8(3)5-2/h4-7H,2-3H2,1H3/b6-4-,8-7-. The van der Waals surface area contributed by atoms with Crippen LogP contribution in [0.5, 0.6) is 0 Å². The summed E-state index contributed by atoms with van der Waals surface area (Å²) >= 11 is 0. The van der Waals surface area contributed by atoms with E-state index in [1.54, 1.807) is 6.08 Å². The Hall–Kier alpha value is -0.780. The molecule has 0 aliphatic rings. The van der Waals surface area contributed by atoms with Crippen molar-refractivity contribution in [3.63, 3.8) is 0 Å². The van der Waals surface area contributed by atoms with E-state index in [0.29, 0.717) is 0 Å². The van der Waals surface area contributed by atoms with Crippen LogP contribution in [0.1, 0.15) is 6.92 Å². The maximum Gasteiger partial charge on any atom is -0.0238 e. The maximum atomic E-state index is 3.69. The highest BCUT2D eigenvalue weighted by Crippen LogP contribution is 1.90. The van der Waals surface area contributed by atoms with Gasteiger partial charge in [0.05, 0.1) is 0 Å². The van der Waals surface area contributed by atoms with Crippen molar-refractivity contribution in [3.05, 3.63) is 43.4 Å². The van der Waals surface area contributed by atoms with Crippen molar-refractivity contribution in [1.82, 2.24) is 0 Å². The Balaban J connectivity index is 3.74. The lowest BCUT2D eigenvalue weighted by Gasteiger charge is -1.81. The lowest BCUT2D eigenvalue weighted by Crippen LogP contribution is -1.61. The molecule has 0 aromatic heterocycles. The fourth-order valence-electron chi connectivity index (χ4n) is 0.288. The number of hydrogen-bond acceptors (Lipinski definition) is 0. The van der Waals surface area contributed by atoms with E-state index in [4.69, 9.17) is 0 Å². The zero-order valence-electron chi connectivity index (χ0n) is 5.22. The first-order valence-electron chi connectivity index (χ1n) is 2.58. The third-order valence-corrected chi connectivity index (χ3v) is 0.765. The Kier molecular flexibility index (Phi) is 3.95. The van der Waals surface area contributed by atoms with Crippen LogP contribution in [0.15, 0.2) is 36.5 Å². The average molecular weight is 107 g/mol. The second-order valence-corrected chi connectivity index (χ2v) is 1.47. The van der Waals surface area contributed by atoms with Crippen molar-refractivity contribution in [2.75, 3.05) is 0 Å². The molecule has 0 heterocycles. The molecule has 0 nitrogen and oxygen atoms in total. The molecular formula is C8H11. The lowest BCUT2D eigenvalue weighted by atomic mass is 10.3. The van der Waals surface area contributed by atoms with Gasteiger partial charge in [-0.15, -0.1) is 0 Å². The highest BCUT2D eigenvalue weighted by molar-refractivity contribution is 5.23. The van der Waals surface area contributed by atoms with E-state index in [0.717, 1.165) is 5.57 Å². The molecule has 0 aliphatic heterocycles. The van der Waals surface area contributed by atoms with Crippen molar-refractivity contribution < 1.29 is 0 Å². The molecule has 0 rings (SSSR count). The van der Waals surface area contributed by atoms with Crippen LogP contribution in [-0.4, -0.2) is 0 Å². The molecule has 1 radical (unpaired) electrons. The second kappa shape index (κ2) is 4.38. The van der Waals surface area contributed by atoms with Crippen molar-refractivity contribution in [2.45, 2.75) is 6.92 Å². The quantitative estimate of drug-likeness (QED) is 0.475. The molecule has 0 saturated heterocycles. The molecule has 0 aliphatic carbocycles. The zero-order chi connectivity index (χ0) is 6.41. The predicted molar refractivity (Wildman–Crippen MR) is 38.5 cm³/mol. The van der Waals surface area contributed by atoms with E-state index >= 15 is 0 Å². The van der Waals surface area contributed by atoms with Crippen LogP contribution in [0.25, 0.3) is 0 Å². The maximum absolute atomic E-state index is 3.69. The van der Waals surface area contributed by atoms with Gasteiger partial charge >= 0.3 is 0 Å². The van der Waals surface area contributed by atoms with E-state index in [2.05, 4.69) is 13.5 Å². The largest absolute Gasteiger partial charge is 0.0988 e. The highest BCUT2D eigenvalue weighted by atomic mass is 13.8. The minimum absolute atomic E-state index is 0.947. The Morgan fingerprint density at radius 1 is 1.50 bits per heavy atom. The monoisotopic (exact) mass is 107 g/mol. The van der Waals surface area contributed by atoms with Gasteiger partial charge in [0, 0.05) is 0 Å². The highest BCUT2D eigenvalue weighted by Gasteiger charge is 1.70. The van der Waals surface area contributed by atoms with Crippen molar-refractivity contribution in [3.8, 4) is 0 Å². The molecule has 0 heteroatoms. The molecule has 0 aromatic rings. The Labute approximate surface area is 51.2 Å². The van der Waals surface area contributed by atoms with Gasteiger partial charge in [0.25, 0.3) is 0 Å². The summed E-state index contributed by atoms with van der Waals surface area (Å²) in [5.41, 5.74) is 0.947. The van der Waals surface area contributed by atoms with Crippen LogP contribution >= 0.6 is 0 Å². The normalized spacial score (nSPS) is 12.5. The molecule has 0 bridgehead atoms. The van der Waals surface area contributed by atoms with Gasteiger partial charge in [0.15, 0.2) is 0 Å². The van der Waals surface area contributed by atoms with Crippen LogP contribution in [0.2, 0.25) is 0 Å². The Morgan fingerprint density at radius 3 is 2.50 bits per heavy atom. The van der Waals surface area contributed by atoms with E-state index in [-0.39, 0.29) is 0 Å². The molecular weight excluding hydrogens is 96.1 g/mol. The summed E-state index contributed by atoms with van der Waals surface area (Å²) in [6, 6.07) is 0. The minimum atomic E-state index is 0.947. The Morgan fingerprint density at radius 2 is 2.12 bits per heavy atom. The molecule has 0 atom stereocenters. The molecule has 0 amide bonds. The van der Waals surface area contributed by atoms with Gasteiger partial charge in [-0.3, -0.25) is 0 Å². The second-order valence-electron chi connectivity index (χ2n) is 1.47. The van der Waals surface area contributed by atoms with Crippen LogP contribution in [-0.2, 0) is 0 Å². The fourth-order valence-corrected chi connectivity index (χ4v) is 0.288. The third kappa shape index (κ3) is 3.41. The van der Waals surface area contributed by atoms with Crippen molar-refractivity contribution in [2.24, 2.45) is 0 Å². The summed E-state index contributed by atoms with van der Waals surface area (Å²) < 4.78 is 0. The van der Waals surface area contributed by atoms with Gasteiger partial charge in [0.1, 0.15) is 0 Å². The predicted octanol–water partition coefficient (Wildman–Crippen LogP) is 2.51. The van der Waals surface area contributed by atoms with Gasteiger partial charge < -0.3 is 0 Å². The van der Waals surface area contributed by atoms with Gasteiger partial charge in [-0.2, -0.15) is 0 Å². The average Bonchev–Trinajstić information content (AvgIpc) is 1.83. The van der Waals surface area contributed by atoms with Crippen LogP contribution in [0.3, 0.4) is 0 Å². The molecule has 43 valence electrons. The summed E-state index contributed by atoms with van der Waals surface area (Å²) in [6.45, 7) is 9.20. The third-order valence-electron chi connectivity index (χ3n) is 0.765. The summed E-state index contributed by atoms with van der Waals surface area (Å²) in [7, 11) is 0. The summed E-state index contributed by atoms with van der Waals surface area (Å²) in [5, 5.41) is 0. The molecule has 0 saturated carbocycles. The van der Waals surface area contributed by atoms with Gasteiger partial charge in [-0.05, 0) is 19.4 Å². The van der Waals surface area contributed by atoms with Crippen LogP contribution in [0.4, 0.5) is 0 Å². The zero-order valence-corrected chi connectivity index (χ0v) is 5.22. The molecule has 0 fully saturated rings. The smallest absolute Gasteiger partial charge is 0.0238 e. The van der Waals surface area contributed by atoms with E-state index < -0.39 is 0 Å².